The Morgan fingerprint density at radius 2 is 1.60 bits per heavy atom. The zero-order valence-electron chi connectivity index (χ0n) is 26.4. The first-order valence-electron chi connectivity index (χ1n) is 15.2. The minimum absolute atomic E-state index is 0. The number of furan rings is 1. The van der Waals surface area contributed by atoms with E-state index in [0.717, 1.165) is 36.3 Å². The SMILES string of the molecule is CCCCCCCOCc1ccc(C(O)c2ccccc2-c2ccc(Sc3ccc(OCCCC)cc3)c(S(=O)(=O)[O-])c2)o1.[Na+]. The Morgan fingerprint density at radius 1 is 0.867 bits per heavy atom. The molecule has 10 heteroatoms. The predicted octanol–water partition coefficient (Wildman–Crippen LogP) is 5.75. The van der Waals surface area contributed by atoms with E-state index in [9.17, 15) is 18.1 Å². The molecule has 3 aromatic carbocycles. The summed E-state index contributed by atoms with van der Waals surface area (Å²) < 4.78 is 54.5. The maximum Gasteiger partial charge on any atom is 1.00 e. The van der Waals surface area contributed by atoms with E-state index in [1.165, 1.54) is 37.1 Å². The van der Waals surface area contributed by atoms with Gasteiger partial charge in [0.2, 0.25) is 0 Å². The maximum atomic E-state index is 12.4. The molecule has 0 radical (unpaired) electrons. The van der Waals surface area contributed by atoms with E-state index in [1.54, 1.807) is 48.5 Å². The van der Waals surface area contributed by atoms with Crippen molar-refractivity contribution in [1.82, 2.24) is 0 Å². The molecule has 1 N–H and O–H groups in total. The number of hydrogen-bond acceptors (Lipinski definition) is 8. The summed E-state index contributed by atoms with van der Waals surface area (Å²) in [4.78, 5) is 0.776. The molecule has 0 bridgehead atoms. The van der Waals surface area contributed by atoms with Crippen LogP contribution in [-0.2, 0) is 21.5 Å². The summed E-state index contributed by atoms with van der Waals surface area (Å²) in [7, 11) is -4.80. The molecule has 0 aliphatic rings. The molecule has 0 saturated carbocycles. The molecule has 7 nitrogen and oxygen atoms in total. The van der Waals surface area contributed by atoms with Crippen molar-refractivity contribution in [2.75, 3.05) is 13.2 Å². The van der Waals surface area contributed by atoms with Gasteiger partial charge in [-0.1, -0.05) is 88.0 Å². The molecule has 0 aliphatic carbocycles. The maximum absolute atomic E-state index is 12.4. The average molecular weight is 661 g/mol. The molecule has 1 heterocycles. The molecule has 0 fully saturated rings. The van der Waals surface area contributed by atoms with Crippen LogP contribution in [0.2, 0.25) is 0 Å². The van der Waals surface area contributed by atoms with Gasteiger partial charge in [-0.2, -0.15) is 0 Å². The summed E-state index contributed by atoms with van der Waals surface area (Å²) in [5, 5.41) is 11.3. The van der Waals surface area contributed by atoms with Gasteiger partial charge in [0.05, 0.1) is 11.5 Å². The van der Waals surface area contributed by atoms with Gasteiger partial charge < -0.3 is 23.6 Å². The summed E-state index contributed by atoms with van der Waals surface area (Å²) in [5.41, 5.74) is 1.62. The Bertz CT molecular complexity index is 1570. The van der Waals surface area contributed by atoms with Crippen molar-refractivity contribution in [2.45, 2.75) is 86.2 Å². The zero-order chi connectivity index (χ0) is 31.4. The Balaban J connectivity index is 0.00000552. The van der Waals surface area contributed by atoms with Crippen molar-refractivity contribution < 1.29 is 61.5 Å². The van der Waals surface area contributed by atoms with Crippen LogP contribution in [0.1, 0.15) is 82.0 Å². The van der Waals surface area contributed by atoms with E-state index in [-0.39, 0.29) is 34.5 Å². The smallest absolute Gasteiger partial charge is 0.744 e. The van der Waals surface area contributed by atoms with Crippen LogP contribution in [-0.4, -0.2) is 31.3 Å². The van der Waals surface area contributed by atoms with Gasteiger partial charge in [0.1, 0.15) is 40.1 Å². The largest absolute Gasteiger partial charge is 1.00 e. The first kappa shape index (κ1) is 37.4. The summed E-state index contributed by atoms with van der Waals surface area (Å²) >= 11 is 1.19. The van der Waals surface area contributed by atoms with E-state index < -0.39 is 16.2 Å². The van der Waals surface area contributed by atoms with E-state index in [4.69, 9.17) is 13.9 Å². The van der Waals surface area contributed by atoms with Crippen LogP contribution in [0.25, 0.3) is 11.1 Å². The number of aliphatic hydroxyl groups excluding tert-OH is 1. The quantitative estimate of drug-likeness (QED) is 0.0817. The van der Waals surface area contributed by atoms with Gasteiger partial charge in [-0.05, 0) is 78.1 Å². The van der Waals surface area contributed by atoms with Crippen molar-refractivity contribution in [2.24, 2.45) is 0 Å². The number of benzene rings is 3. The summed E-state index contributed by atoms with van der Waals surface area (Å²) in [6.07, 6.45) is 6.70. The first-order chi connectivity index (χ1) is 21.3. The molecule has 1 unspecified atom stereocenters. The third-order valence-electron chi connectivity index (χ3n) is 7.19. The van der Waals surface area contributed by atoms with Crippen LogP contribution >= 0.6 is 11.8 Å². The Kier molecular flexibility index (Phi) is 15.7. The van der Waals surface area contributed by atoms with Crippen LogP contribution in [0.4, 0.5) is 0 Å². The number of aliphatic hydroxyl groups is 1. The van der Waals surface area contributed by atoms with Crippen molar-refractivity contribution in [3.05, 3.63) is 95.9 Å². The average Bonchev–Trinajstić information content (AvgIpc) is 3.50. The van der Waals surface area contributed by atoms with E-state index in [1.807, 2.05) is 24.3 Å². The molecule has 0 amide bonds. The molecule has 4 rings (SSSR count). The number of unbranched alkanes of at least 4 members (excludes halogenated alkanes) is 5. The van der Waals surface area contributed by atoms with Gasteiger partial charge in [-0.15, -0.1) is 0 Å². The second kappa shape index (κ2) is 18.9. The standard InChI is InChI=1S/C35H42O7S2.Na/c1-3-5-7-8-11-22-40-25-28-17-20-32(42-28)35(36)31-13-10-9-12-30(31)26-14-21-33(34(24-26)44(37,38)39)43-29-18-15-27(16-19-29)41-23-6-4-2;/h9-10,12-21,24,35-36H,3-8,11,22-23,25H2,1-2H3,(H,37,38,39);/q;+1/p-1. The molecule has 45 heavy (non-hydrogen) atoms. The van der Waals surface area contributed by atoms with E-state index in [2.05, 4.69) is 13.8 Å². The van der Waals surface area contributed by atoms with Gasteiger partial charge in [0.15, 0.2) is 0 Å². The fourth-order valence-electron chi connectivity index (χ4n) is 4.77. The first-order valence-corrected chi connectivity index (χ1v) is 17.5. The summed E-state index contributed by atoms with van der Waals surface area (Å²) in [6.45, 7) is 5.89. The van der Waals surface area contributed by atoms with Gasteiger partial charge >= 0.3 is 29.6 Å². The molecular formula is C35H41NaO7S2. The van der Waals surface area contributed by atoms with Gasteiger partial charge in [-0.3, -0.25) is 0 Å². The minimum atomic E-state index is -4.80. The Morgan fingerprint density at radius 3 is 2.33 bits per heavy atom. The van der Waals surface area contributed by atoms with Gasteiger partial charge in [0.25, 0.3) is 0 Å². The molecular weight excluding hydrogens is 620 g/mol. The van der Waals surface area contributed by atoms with Gasteiger partial charge in [-0.25, -0.2) is 8.42 Å². The fraction of sp³-hybridized carbons (Fsp3) is 0.371. The molecule has 236 valence electrons. The molecule has 0 saturated heterocycles. The van der Waals surface area contributed by atoms with Crippen LogP contribution in [0.5, 0.6) is 5.75 Å². The summed E-state index contributed by atoms with van der Waals surface area (Å²) in [5.74, 6) is 1.70. The summed E-state index contributed by atoms with van der Waals surface area (Å²) in [6, 6.07) is 22.7. The Hall–Kier alpha value is -2.08. The van der Waals surface area contributed by atoms with Crippen LogP contribution in [0.15, 0.2) is 98.0 Å². The van der Waals surface area contributed by atoms with Crippen molar-refractivity contribution in [3.63, 3.8) is 0 Å². The van der Waals surface area contributed by atoms with Crippen molar-refractivity contribution in [1.29, 1.82) is 0 Å². The number of ether oxygens (including phenoxy) is 2. The Labute approximate surface area is 293 Å². The molecule has 0 aliphatic heterocycles. The van der Waals surface area contributed by atoms with E-state index in [0.29, 0.717) is 52.9 Å². The number of hydrogen-bond donors (Lipinski definition) is 1. The minimum Gasteiger partial charge on any atom is -0.744 e. The predicted molar refractivity (Wildman–Crippen MR) is 172 cm³/mol. The molecule has 4 aromatic rings. The van der Waals surface area contributed by atoms with Crippen LogP contribution in [0.3, 0.4) is 0 Å². The van der Waals surface area contributed by atoms with Crippen LogP contribution in [0, 0.1) is 0 Å². The van der Waals surface area contributed by atoms with E-state index >= 15 is 0 Å². The van der Waals surface area contributed by atoms with Gasteiger partial charge in [0, 0.05) is 16.4 Å². The normalized spacial score (nSPS) is 12.1. The molecule has 1 aromatic heterocycles. The zero-order valence-corrected chi connectivity index (χ0v) is 30.0. The third kappa shape index (κ3) is 11.3. The molecule has 1 atom stereocenters. The van der Waals surface area contributed by atoms with Crippen molar-refractivity contribution >= 4 is 21.9 Å². The topological polar surface area (TPSA) is 109 Å². The number of rotatable bonds is 18. The monoisotopic (exact) mass is 660 g/mol. The fourth-order valence-corrected chi connectivity index (χ4v) is 6.61. The molecule has 0 spiro atoms. The van der Waals surface area contributed by atoms with Crippen LogP contribution < -0.4 is 34.3 Å². The third-order valence-corrected chi connectivity index (χ3v) is 9.28. The second-order valence-corrected chi connectivity index (χ2v) is 13.1. The van der Waals surface area contributed by atoms with Crippen molar-refractivity contribution in [3.8, 4) is 16.9 Å². The second-order valence-electron chi connectivity index (χ2n) is 10.7.